The highest BCUT2D eigenvalue weighted by Crippen LogP contribution is 2.18. The lowest BCUT2D eigenvalue weighted by molar-refractivity contribution is 0.0921. The first-order valence-corrected chi connectivity index (χ1v) is 9.97. The third kappa shape index (κ3) is 5.48. The van der Waals surface area contributed by atoms with Crippen LogP contribution >= 0.6 is 15.9 Å². The average Bonchev–Trinajstić information content (AvgIpc) is 3.23. The lowest BCUT2D eigenvalue weighted by Crippen LogP contribution is -2.24. The standard InChI is InChI=1S/C21H24BrN3O3/c1-14-9-15(2)11-18(10-14)27-13-17-5-6-20(28-17)21(26)23-7-4-8-25-12-19(22)16(3)24-25/h5-6,9-12H,4,7-8,13H2,1-3H3,(H,23,26). The average molecular weight is 446 g/mol. The van der Waals surface area contributed by atoms with Gasteiger partial charge in [0.05, 0.1) is 10.2 Å². The molecule has 0 fully saturated rings. The van der Waals surface area contributed by atoms with Crippen molar-refractivity contribution in [3.63, 3.8) is 0 Å². The molecule has 0 radical (unpaired) electrons. The SMILES string of the molecule is Cc1cc(C)cc(OCc2ccc(C(=O)NCCCn3cc(Br)c(C)n3)o2)c1. The Bertz CT molecular complexity index is 922. The zero-order valence-electron chi connectivity index (χ0n) is 16.3. The molecular formula is C21H24BrN3O3. The second-order valence-corrected chi connectivity index (χ2v) is 7.67. The molecule has 2 heterocycles. The molecule has 0 atom stereocenters. The Morgan fingerprint density at radius 1 is 1.21 bits per heavy atom. The minimum absolute atomic E-state index is 0.226. The van der Waals surface area contributed by atoms with Gasteiger partial charge in [0, 0.05) is 19.3 Å². The van der Waals surface area contributed by atoms with Crippen molar-refractivity contribution in [2.45, 2.75) is 40.3 Å². The van der Waals surface area contributed by atoms with Crippen molar-refractivity contribution in [1.29, 1.82) is 0 Å². The van der Waals surface area contributed by atoms with E-state index in [4.69, 9.17) is 9.15 Å². The summed E-state index contributed by atoms with van der Waals surface area (Å²) in [6.45, 7) is 7.57. The van der Waals surface area contributed by atoms with Crippen LogP contribution < -0.4 is 10.1 Å². The number of carbonyl (C=O) groups is 1. The van der Waals surface area contributed by atoms with Gasteiger partial charge in [-0.25, -0.2) is 0 Å². The van der Waals surface area contributed by atoms with Crippen LogP contribution in [0.25, 0.3) is 0 Å². The number of benzene rings is 1. The summed E-state index contributed by atoms with van der Waals surface area (Å²) < 4.78 is 14.2. The van der Waals surface area contributed by atoms with Crippen molar-refractivity contribution in [1.82, 2.24) is 15.1 Å². The zero-order valence-corrected chi connectivity index (χ0v) is 17.9. The summed E-state index contributed by atoms with van der Waals surface area (Å²) in [7, 11) is 0. The number of hydrogen-bond donors (Lipinski definition) is 1. The minimum Gasteiger partial charge on any atom is -0.486 e. The van der Waals surface area contributed by atoms with E-state index < -0.39 is 0 Å². The molecule has 148 valence electrons. The third-order valence-corrected chi connectivity index (χ3v) is 4.98. The van der Waals surface area contributed by atoms with Gasteiger partial charge in [-0.15, -0.1) is 0 Å². The molecule has 0 aliphatic heterocycles. The number of hydrogen-bond acceptors (Lipinski definition) is 4. The van der Waals surface area contributed by atoms with Crippen LogP contribution in [-0.4, -0.2) is 22.2 Å². The Morgan fingerprint density at radius 2 is 1.96 bits per heavy atom. The van der Waals surface area contributed by atoms with Crippen molar-refractivity contribution in [3.05, 3.63) is 69.3 Å². The van der Waals surface area contributed by atoms with Crippen LogP contribution in [0.5, 0.6) is 5.75 Å². The van der Waals surface area contributed by atoms with E-state index in [0.29, 0.717) is 12.3 Å². The largest absolute Gasteiger partial charge is 0.486 e. The van der Waals surface area contributed by atoms with Gasteiger partial charge in [0.2, 0.25) is 0 Å². The van der Waals surface area contributed by atoms with E-state index in [0.717, 1.165) is 40.0 Å². The zero-order chi connectivity index (χ0) is 20.1. The normalized spacial score (nSPS) is 10.9. The highest BCUT2D eigenvalue weighted by Gasteiger charge is 2.11. The topological polar surface area (TPSA) is 69.3 Å². The molecule has 0 saturated carbocycles. The third-order valence-electron chi connectivity index (χ3n) is 4.20. The van der Waals surface area contributed by atoms with Crippen LogP contribution in [0.2, 0.25) is 0 Å². The molecule has 3 rings (SSSR count). The number of nitrogens with one attached hydrogen (secondary N) is 1. The molecule has 0 aliphatic rings. The van der Waals surface area contributed by atoms with Crippen molar-refractivity contribution in [3.8, 4) is 5.75 Å². The van der Waals surface area contributed by atoms with Crippen LogP contribution in [0.15, 0.2) is 45.4 Å². The molecule has 6 nitrogen and oxygen atoms in total. The van der Waals surface area contributed by atoms with Gasteiger partial charge >= 0.3 is 0 Å². The van der Waals surface area contributed by atoms with Gasteiger partial charge in [-0.3, -0.25) is 9.48 Å². The maximum absolute atomic E-state index is 12.2. The number of aryl methyl sites for hydroxylation is 4. The van der Waals surface area contributed by atoms with Crippen LogP contribution in [0.3, 0.4) is 0 Å². The predicted octanol–water partition coefficient (Wildman–Crippen LogP) is 4.56. The molecule has 0 unspecified atom stereocenters. The molecule has 1 amide bonds. The number of halogens is 1. The molecule has 0 aliphatic carbocycles. The van der Waals surface area contributed by atoms with E-state index in [1.165, 1.54) is 0 Å². The number of nitrogens with zero attached hydrogens (tertiary/aromatic N) is 2. The molecule has 0 bridgehead atoms. The van der Waals surface area contributed by atoms with Gasteiger partial charge in [-0.05, 0) is 78.5 Å². The number of ether oxygens (including phenoxy) is 1. The van der Waals surface area contributed by atoms with Gasteiger partial charge in [0.1, 0.15) is 18.1 Å². The summed E-state index contributed by atoms with van der Waals surface area (Å²) in [5.41, 5.74) is 3.24. The van der Waals surface area contributed by atoms with Crippen LogP contribution in [-0.2, 0) is 13.2 Å². The van der Waals surface area contributed by atoms with E-state index >= 15 is 0 Å². The summed E-state index contributed by atoms with van der Waals surface area (Å²) in [6.07, 6.45) is 2.72. The van der Waals surface area contributed by atoms with E-state index in [2.05, 4.69) is 32.4 Å². The first-order valence-electron chi connectivity index (χ1n) is 9.18. The summed E-state index contributed by atoms with van der Waals surface area (Å²) in [5.74, 6) is 1.47. The summed E-state index contributed by atoms with van der Waals surface area (Å²) in [5, 5.41) is 7.24. The fraction of sp³-hybridized carbons (Fsp3) is 0.333. The Morgan fingerprint density at radius 3 is 2.64 bits per heavy atom. The highest BCUT2D eigenvalue weighted by atomic mass is 79.9. The molecule has 1 N–H and O–H groups in total. The van der Waals surface area contributed by atoms with Crippen molar-refractivity contribution in [2.75, 3.05) is 6.54 Å². The molecule has 1 aromatic carbocycles. The van der Waals surface area contributed by atoms with E-state index in [1.54, 1.807) is 12.1 Å². The Balaban J connectivity index is 1.44. The maximum Gasteiger partial charge on any atom is 0.286 e. The molecule has 7 heteroatoms. The summed E-state index contributed by atoms with van der Waals surface area (Å²) in [6, 6.07) is 9.48. The van der Waals surface area contributed by atoms with Crippen molar-refractivity contribution < 1.29 is 13.9 Å². The molecule has 0 spiro atoms. The van der Waals surface area contributed by atoms with E-state index in [1.807, 2.05) is 43.8 Å². The van der Waals surface area contributed by atoms with Gasteiger partial charge in [-0.2, -0.15) is 5.10 Å². The van der Waals surface area contributed by atoms with Crippen molar-refractivity contribution >= 4 is 21.8 Å². The fourth-order valence-corrected chi connectivity index (χ4v) is 3.20. The highest BCUT2D eigenvalue weighted by molar-refractivity contribution is 9.10. The monoisotopic (exact) mass is 445 g/mol. The molecule has 0 saturated heterocycles. The van der Waals surface area contributed by atoms with Gasteiger partial charge in [-0.1, -0.05) is 6.07 Å². The summed E-state index contributed by atoms with van der Waals surface area (Å²) >= 11 is 3.44. The Hall–Kier alpha value is -2.54. The maximum atomic E-state index is 12.2. The summed E-state index contributed by atoms with van der Waals surface area (Å²) in [4.78, 5) is 12.2. The molecular weight excluding hydrogens is 422 g/mol. The molecule has 3 aromatic rings. The smallest absolute Gasteiger partial charge is 0.286 e. The first-order chi connectivity index (χ1) is 13.4. The molecule has 28 heavy (non-hydrogen) atoms. The first kappa shape index (κ1) is 20.2. The Kier molecular flexibility index (Phi) is 6.57. The van der Waals surface area contributed by atoms with Gasteiger partial charge in [0.15, 0.2) is 5.76 Å². The fourth-order valence-electron chi connectivity index (χ4n) is 2.89. The van der Waals surface area contributed by atoms with Gasteiger partial charge in [0.25, 0.3) is 5.91 Å². The Labute approximate surface area is 173 Å². The number of aromatic nitrogens is 2. The van der Waals surface area contributed by atoms with Crippen LogP contribution in [0.4, 0.5) is 0 Å². The lowest BCUT2D eigenvalue weighted by atomic mass is 10.1. The number of carbonyl (C=O) groups excluding carboxylic acids is 1. The van der Waals surface area contributed by atoms with E-state index in [9.17, 15) is 4.79 Å². The van der Waals surface area contributed by atoms with Gasteiger partial charge < -0.3 is 14.5 Å². The number of furan rings is 1. The van der Waals surface area contributed by atoms with Crippen molar-refractivity contribution in [2.24, 2.45) is 0 Å². The number of rotatable bonds is 8. The number of amides is 1. The quantitative estimate of drug-likeness (QED) is 0.515. The minimum atomic E-state index is -0.226. The molecule has 2 aromatic heterocycles. The van der Waals surface area contributed by atoms with Crippen LogP contribution in [0, 0.1) is 20.8 Å². The second kappa shape index (κ2) is 9.10. The lowest BCUT2D eigenvalue weighted by Gasteiger charge is -2.07. The van der Waals surface area contributed by atoms with E-state index in [-0.39, 0.29) is 18.3 Å². The second-order valence-electron chi connectivity index (χ2n) is 6.81. The predicted molar refractivity (Wildman–Crippen MR) is 111 cm³/mol. The van der Waals surface area contributed by atoms with Crippen LogP contribution in [0.1, 0.15) is 39.6 Å².